The molecule has 1 saturated heterocycles. The monoisotopic (exact) mass is 407 g/mol. The lowest BCUT2D eigenvalue weighted by Gasteiger charge is -2.13. The molecular weight excluding hydrogens is 386 g/mol. The smallest absolute Gasteiger partial charge is 0.303 e. The first kappa shape index (κ1) is 19.7. The first-order valence-electron chi connectivity index (χ1n) is 8.82. The molecule has 1 N–H and O–H groups in total. The van der Waals surface area contributed by atoms with E-state index in [1.165, 1.54) is 16.7 Å². The number of hydrogen-bond donors (Lipinski definition) is 1. The van der Waals surface area contributed by atoms with Crippen LogP contribution in [0.1, 0.15) is 37.8 Å². The number of thiocarbonyl (C=S) groups is 1. The fourth-order valence-corrected chi connectivity index (χ4v) is 4.37. The van der Waals surface area contributed by atoms with Crippen molar-refractivity contribution in [1.82, 2.24) is 4.90 Å². The normalized spacial score (nSPS) is 20.1. The van der Waals surface area contributed by atoms with Crippen molar-refractivity contribution in [1.29, 1.82) is 0 Å². The number of fused-ring (bicyclic) bond motifs is 1. The van der Waals surface area contributed by atoms with Crippen molar-refractivity contribution in [2.24, 2.45) is 0 Å². The van der Waals surface area contributed by atoms with Gasteiger partial charge in [-0.15, -0.1) is 0 Å². The molecule has 0 saturated carbocycles. The van der Waals surface area contributed by atoms with Crippen molar-refractivity contribution < 1.29 is 24.2 Å². The first-order chi connectivity index (χ1) is 12.9. The summed E-state index contributed by atoms with van der Waals surface area (Å²) in [5.74, 6) is 0.441. The van der Waals surface area contributed by atoms with Gasteiger partial charge in [-0.3, -0.25) is 14.5 Å². The Morgan fingerprint density at radius 3 is 3.00 bits per heavy atom. The number of nitrogens with zero attached hydrogens (tertiary/aromatic N) is 1. The third-order valence-electron chi connectivity index (χ3n) is 4.26. The first-order valence-corrected chi connectivity index (χ1v) is 10.0. The van der Waals surface area contributed by atoms with Crippen LogP contribution in [0.4, 0.5) is 0 Å². The van der Waals surface area contributed by atoms with Gasteiger partial charge in [0.15, 0.2) is 0 Å². The quantitative estimate of drug-likeness (QED) is 0.548. The number of rotatable bonds is 7. The van der Waals surface area contributed by atoms with Crippen LogP contribution < -0.4 is 9.47 Å². The second-order valence-corrected chi connectivity index (χ2v) is 8.07. The molecule has 0 radical (unpaired) electrons. The van der Waals surface area contributed by atoms with Crippen molar-refractivity contribution in [3.05, 3.63) is 28.2 Å². The van der Waals surface area contributed by atoms with E-state index in [2.05, 4.69) is 0 Å². The number of carboxylic acids is 1. The van der Waals surface area contributed by atoms with Gasteiger partial charge in [0.1, 0.15) is 21.9 Å². The van der Waals surface area contributed by atoms with Gasteiger partial charge in [0.2, 0.25) is 0 Å². The van der Waals surface area contributed by atoms with E-state index in [9.17, 15) is 9.59 Å². The molecule has 1 unspecified atom stereocenters. The number of benzene rings is 1. The summed E-state index contributed by atoms with van der Waals surface area (Å²) in [5, 5.41) is 8.76. The van der Waals surface area contributed by atoms with Crippen LogP contribution in [-0.4, -0.2) is 45.5 Å². The minimum Gasteiger partial charge on any atom is -0.493 e. The van der Waals surface area contributed by atoms with E-state index in [4.69, 9.17) is 26.8 Å². The van der Waals surface area contributed by atoms with Gasteiger partial charge >= 0.3 is 5.97 Å². The van der Waals surface area contributed by atoms with E-state index in [0.29, 0.717) is 34.5 Å². The topological polar surface area (TPSA) is 76.1 Å². The van der Waals surface area contributed by atoms with Crippen LogP contribution >= 0.6 is 24.0 Å². The third kappa shape index (κ3) is 4.44. The van der Waals surface area contributed by atoms with Gasteiger partial charge in [-0.1, -0.05) is 24.0 Å². The van der Waals surface area contributed by atoms with Crippen LogP contribution in [0, 0.1) is 0 Å². The molecule has 2 aliphatic heterocycles. The van der Waals surface area contributed by atoms with Gasteiger partial charge in [-0.25, -0.2) is 0 Å². The Balaban J connectivity index is 1.84. The molecule has 8 heteroatoms. The minimum absolute atomic E-state index is 0.00490. The van der Waals surface area contributed by atoms with Crippen LogP contribution in [0.25, 0.3) is 6.08 Å². The maximum absolute atomic E-state index is 12.7. The summed E-state index contributed by atoms with van der Waals surface area (Å²) in [6.45, 7) is 4.75. The van der Waals surface area contributed by atoms with Gasteiger partial charge in [-0.2, -0.15) is 0 Å². The predicted octanol–water partition coefficient (Wildman–Crippen LogP) is 3.47. The molecule has 3 rings (SSSR count). The largest absolute Gasteiger partial charge is 0.493 e. The SMILES string of the molecule is CCOc1cc2c(cc1/C=C1\SC(=S)N(CCCC(=O)O)C1=O)OC(C)C2. The zero-order valence-corrected chi connectivity index (χ0v) is 16.8. The van der Waals surface area contributed by atoms with Gasteiger partial charge in [0.25, 0.3) is 5.91 Å². The maximum Gasteiger partial charge on any atom is 0.303 e. The van der Waals surface area contributed by atoms with Gasteiger partial charge in [0, 0.05) is 30.5 Å². The molecule has 1 atom stereocenters. The number of ether oxygens (including phenoxy) is 2. The summed E-state index contributed by atoms with van der Waals surface area (Å²) in [5.41, 5.74) is 1.88. The van der Waals surface area contributed by atoms with Crippen molar-refractivity contribution in [3.8, 4) is 11.5 Å². The molecule has 1 amide bonds. The summed E-state index contributed by atoms with van der Waals surface area (Å²) >= 11 is 6.51. The van der Waals surface area contributed by atoms with E-state index in [0.717, 1.165) is 23.3 Å². The molecule has 2 heterocycles. The van der Waals surface area contributed by atoms with E-state index in [1.807, 2.05) is 26.0 Å². The number of carboxylic acid groups (broad SMARTS) is 1. The molecule has 0 aromatic heterocycles. The Morgan fingerprint density at radius 1 is 1.52 bits per heavy atom. The Kier molecular flexibility index (Phi) is 6.06. The number of hydrogen-bond acceptors (Lipinski definition) is 6. The molecule has 0 bridgehead atoms. The molecular formula is C19H21NO5S2. The Hall–Kier alpha value is -2.06. The highest BCUT2D eigenvalue weighted by molar-refractivity contribution is 8.26. The summed E-state index contributed by atoms with van der Waals surface area (Å²) in [6.07, 6.45) is 3.10. The highest BCUT2D eigenvalue weighted by Crippen LogP contribution is 2.39. The van der Waals surface area contributed by atoms with Crippen LogP contribution in [-0.2, 0) is 16.0 Å². The highest BCUT2D eigenvalue weighted by Gasteiger charge is 2.32. The predicted molar refractivity (Wildman–Crippen MR) is 108 cm³/mol. The van der Waals surface area contributed by atoms with Crippen molar-refractivity contribution in [3.63, 3.8) is 0 Å². The fraction of sp³-hybridized carbons (Fsp3) is 0.421. The lowest BCUT2D eigenvalue weighted by Crippen LogP contribution is -2.29. The average molecular weight is 408 g/mol. The highest BCUT2D eigenvalue weighted by atomic mass is 32.2. The van der Waals surface area contributed by atoms with Gasteiger partial charge < -0.3 is 14.6 Å². The van der Waals surface area contributed by atoms with Crippen molar-refractivity contribution in [2.75, 3.05) is 13.2 Å². The van der Waals surface area contributed by atoms with Crippen LogP contribution in [0.15, 0.2) is 17.0 Å². The zero-order valence-electron chi connectivity index (χ0n) is 15.2. The second kappa shape index (κ2) is 8.31. The zero-order chi connectivity index (χ0) is 19.6. The minimum atomic E-state index is -0.885. The fourth-order valence-electron chi connectivity index (χ4n) is 3.07. The van der Waals surface area contributed by atoms with E-state index in [-0.39, 0.29) is 18.4 Å². The molecule has 1 aromatic rings. The van der Waals surface area contributed by atoms with E-state index in [1.54, 1.807) is 6.08 Å². The second-order valence-electron chi connectivity index (χ2n) is 6.39. The Morgan fingerprint density at radius 2 is 2.30 bits per heavy atom. The van der Waals surface area contributed by atoms with E-state index < -0.39 is 5.97 Å². The standard InChI is InChI=1S/C19H21NO5S2/c1-3-24-14-8-12-7-11(2)25-15(12)9-13(14)10-16-18(23)20(19(26)27-16)6-4-5-17(21)22/h8-11H,3-7H2,1-2H3,(H,21,22)/b16-10-. The summed E-state index contributed by atoms with van der Waals surface area (Å²) < 4.78 is 12.0. The summed E-state index contributed by atoms with van der Waals surface area (Å²) in [4.78, 5) is 25.3. The molecule has 144 valence electrons. The third-order valence-corrected chi connectivity index (χ3v) is 5.64. The van der Waals surface area contributed by atoms with E-state index >= 15 is 0 Å². The summed E-state index contributed by atoms with van der Waals surface area (Å²) in [6, 6.07) is 3.88. The van der Waals surface area contributed by atoms with Crippen LogP contribution in [0.2, 0.25) is 0 Å². The maximum atomic E-state index is 12.7. The lowest BCUT2D eigenvalue weighted by atomic mass is 10.1. The summed E-state index contributed by atoms with van der Waals surface area (Å²) in [7, 11) is 0. The number of carbonyl (C=O) groups excluding carboxylic acids is 1. The molecule has 0 aliphatic carbocycles. The van der Waals surface area contributed by atoms with Crippen molar-refractivity contribution in [2.45, 2.75) is 39.2 Å². The molecule has 1 fully saturated rings. The van der Waals surface area contributed by atoms with Gasteiger partial charge in [-0.05, 0) is 38.5 Å². The van der Waals surface area contributed by atoms with Gasteiger partial charge in [0.05, 0.1) is 11.5 Å². The molecule has 2 aliphatic rings. The molecule has 6 nitrogen and oxygen atoms in total. The Bertz CT molecular complexity index is 821. The van der Waals surface area contributed by atoms with Crippen molar-refractivity contribution >= 4 is 46.3 Å². The molecule has 1 aromatic carbocycles. The van der Waals surface area contributed by atoms with Crippen LogP contribution in [0.3, 0.4) is 0 Å². The Labute approximate surface area is 167 Å². The molecule has 27 heavy (non-hydrogen) atoms. The number of amides is 1. The number of aliphatic carboxylic acids is 1. The lowest BCUT2D eigenvalue weighted by molar-refractivity contribution is -0.137. The average Bonchev–Trinajstić information content (AvgIpc) is 3.08. The molecule has 0 spiro atoms. The number of thioether (sulfide) groups is 1. The van der Waals surface area contributed by atoms with Crippen LogP contribution in [0.5, 0.6) is 11.5 Å². The number of carbonyl (C=O) groups is 2.